The van der Waals surface area contributed by atoms with Crippen molar-refractivity contribution in [3.05, 3.63) is 35.9 Å². The lowest BCUT2D eigenvalue weighted by Gasteiger charge is -2.05. The largest absolute Gasteiger partial charge is 0.452 e. The molecule has 1 rings (SSSR count). The number of hydrogen-bond acceptors (Lipinski definition) is 3. The fourth-order valence-electron chi connectivity index (χ4n) is 1.29. The Hall–Kier alpha value is -1.84. The van der Waals surface area contributed by atoms with Gasteiger partial charge in [0.1, 0.15) is 0 Å². The van der Waals surface area contributed by atoms with Crippen LogP contribution in [-0.4, -0.2) is 18.9 Å². The van der Waals surface area contributed by atoms with Crippen molar-refractivity contribution in [3.8, 4) is 0 Å². The highest BCUT2D eigenvalue weighted by Crippen LogP contribution is 2.05. The summed E-state index contributed by atoms with van der Waals surface area (Å²) in [5.41, 5.74) is 4.21. The Morgan fingerprint density at radius 1 is 1.38 bits per heavy atom. The van der Waals surface area contributed by atoms with Gasteiger partial charge in [-0.1, -0.05) is 43.7 Å². The maximum absolute atomic E-state index is 10.9. The lowest BCUT2D eigenvalue weighted by molar-refractivity contribution is 0.171. The van der Waals surface area contributed by atoms with E-state index in [9.17, 15) is 4.79 Å². The number of ether oxygens (including phenoxy) is 1. The van der Waals surface area contributed by atoms with Gasteiger partial charge in [0.05, 0.1) is 12.8 Å². The van der Waals surface area contributed by atoms with E-state index < -0.39 is 6.09 Å². The van der Waals surface area contributed by atoms with Gasteiger partial charge in [0.25, 0.3) is 0 Å². The maximum atomic E-state index is 10.9. The first-order valence-electron chi connectivity index (χ1n) is 5.24. The number of rotatable bonds is 4. The second-order valence-electron chi connectivity index (χ2n) is 3.28. The molecule has 0 saturated heterocycles. The summed E-state index contributed by atoms with van der Waals surface area (Å²) < 4.78 is 4.46. The van der Waals surface area contributed by atoms with Crippen molar-refractivity contribution in [1.29, 1.82) is 0 Å². The van der Waals surface area contributed by atoms with E-state index in [-0.39, 0.29) is 0 Å². The van der Waals surface area contributed by atoms with E-state index >= 15 is 0 Å². The Kier molecular flexibility index (Phi) is 5.05. The van der Waals surface area contributed by atoms with Crippen LogP contribution in [-0.2, 0) is 4.74 Å². The maximum Gasteiger partial charge on any atom is 0.427 e. The first kappa shape index (κ1) is 12.2. The number of carbonyl (C=O) groups is 1. The molecule has 1 amide bonds. The van der Waals surface area contributed by atoms with E-state index in [2.05, 4.69) is 22.2 Å². The van der Waals surface area contributed by atoms with Crippen LogP contribution in [0.5, 0.6) is 0 Å². The van der Waals surface area contributed by atoms with Crippen LogP contribution in [0.4, 0.5) is 4.79 Å². The van der Waals surface area contributed by atoms with E-state index in [1.807, 2.05) is 30.3 Å². The molecule has 0 fully saturated rings. The summed E-state index contributed by atoms with van der Waals surface area (Å²) in [6.45, 7) is 2.07. The molecule has 16 heavy (non-hydrogen) atoms. The fourth-order valence-corrected chi connectivity index (χ4v) is 1.29. The summed E-state index contributed by atoms with van der Waals surface area (Å²) in [6, 6.07) is 9.76. The van der Waals surface area contributed by atoms with Gasteiger partial charge < -0.3 is 4.74 Å². The standard InChI is InChI=1S/C12H16N2O2/c1-3-7-11(13-14-12(15)16-2)10-8-5-4-6-9-10/h4-6,8-9H,3,7H2,1-2H3,(H,14,15)/b13-11-. The molecule has 0 aromatic heterocycles. The molecule has 4 heteroatoms. The molecule has 0 aliphatic heterocycles. The number of benzene rings is 1. The van der Waals surface area contributed by atoms with Gasteiger partial charge in [0, 0.05) is 0 Å². The summed E-state index contributed by atoms with van der Waals surface area (Å²) in [5.74, 6) is 0. The number of carbonyl (C=O) groups excluding carboxylic acids is 1. The molecule has 0 heterocycles. The monoisotopic (exact) mass is 220 g/mol. The van der Waals surface area contributed by atoms with E-state index in [0.717, 1.165) is 24.1 Å². The molecule has 0 aliphatic carbocycles. The molecular weight excluding hydrogens is 204 g/mol. The summed E-state index contributed by atoms with van der Waals surface area (Å²) in [4.78, 5) is 10.9. The van der Waals surface area contributed by atoms with Gasteiger partial charge >= 0.3 is 6.09 Å². The zero-order chi connectivity index (χ0) is 11.8. The topological polar surface area (TPSA) is 50.7 Å². The minimum absolute atomic E-state index is 0.551. The van der Waals surface area contributed by atoms with Crippen molar-refractivity contribution in [3.63, 3.8) is 0 Å². The minimum atomic E-state index is -0.551. The highest BCUT2D eigenvalue weighted by Gasteiger charge is 2.03. The zero-order valence-electron chi connectivity index (χ0n) is 9.56. The Labute approximate surface area is 95.3 Å². The van der Waals surface area contributed by atoms with Gasteiger partial charge in [-0.3, -0.25) is 0 Å². The first-order chi connectivity index (χ1) is 7.77. The summed E-state index contributed by atoms with van der Waals surface area (Å²) in [7, 11) is 1.31. The number of amides is 1. The molecule has 0 radical (unpaired) electrons. The third kappa shape index (κ3) is 3.73. The van der Waals surface area contributed by atoms with Crippen LogP contribution in [0.15, 0.2) is 35.4 Å². The third-order valence-electron chi connectivity index (χ3n) is 2.06. The van der Waals surface area contributed by atoms with Crippen molar-refractivity contribution in [2.24, 2.45) is 5.10 Å². The van der Waals surface area contributed by atoms with Crippen LogP contribution in [0.2, 0.25) is 0 Å². The minimum Gasteiger partial charge on any atom is -0.452 e. The van der Waals surface area contributed by atoms with E-state index in [4.69, 9.17) is 0 Å². The molecule has 1 N–H and O–H groups in total. The number of hydrogen-bond donors (Lipinski definition) is 1. The van der Waals surface area contributed by atoms with Crippen LogP contribution >= 0.6 is 0 Å². The molecule has 86 valence electrons. The zero-order valence-corrected chi connectivity index (χ0v) is 9.56. The summed E-state index contributed by atoms with van der Waals surface area (Å²) in [6.07, 6.45) is 1.23. The van der Waals surface area contributed by atoms with Crippen LogP contribution in [0.3, 0.4) is 0 Å². The van der Waals surface area contributed by atoms with Gasteiger partial charge in [-0.05, 0) is 12.0 Å². The van der Waals surface area contributed by atoms with Crippen LogP contribution in [0.25, 0.3) is 0 Å². The second-order valence-corrected chi connectivity index (χ2v) is 3.28. The Morgan fingerprint density at radius 3 is 2.62 bits per heavy atom. The van der Waals surface area contributed by atoms with E-state index in [0.29, 0.717) is 0 Å². The van der Waals surface area contributed by atoms with Gasteiger partial charge in [0.2, 0.25) is 0 Å². The SMILES string of the molecule is CCC/C(=N/NC(=O)OC)c1ccccc1. The van der Waals surface area contributed by atoms with Crippen LogP contribution in [0.1, 0.15) is 25.3 Å². The summed E-state index contributed by atoms with van der Waals surface area (Å²) in [5, 5.41) is 4.05. The Bertz CT molecular complexity index is 361. The molecular formula is C12H16N2O2. The Balaban J connectivity index is 2.78. The summed E-state index contributed by atoms with van der Waals surface area (Å²) >= 11 is 0. The van der Waals surface area contributed by atoms with Crippen LogP contribution < -0.4 is 5.43 Å². The number of hydrazone groups is 1. The first-order valence-corrected chi connectivity index (χ1v) is 5.24. The van der Waals surface area contributed by atoms with Crippen molar-refractivity contribution < 1.29 is 9.53 Å². The predicted octanol–water partition coefficient (Wildman–Crippen LogP) is 2.55. The van der Waals surface area contributed by atoms with Crippen LogP contribution in [0, 0.1) is 0 Å². The third-order valence-corrected chi connectivity index (χ3v) is 2.06. The second kappa shape index (κ2) is 6.61. The molecule has 0 unspecified atom stereocenters. The highest BCUT2D eigenvalue weighted by molar-refractivity contribution is 6.00. The smallest absolute Gasteiger partial charge is 0.427 e. The average Bonchev–Trinajstić information content (AvgIpc) is 2.35. The normalized spacial score (nSPS) is 11.0. The molecule has 1 aromatic rings. The molecule has 0 saturated carbocycles. The predicted molar refractivity (Wildman–Crippen MR) is 63.4 cm³/mol. The molecule has 0 atom stereocenters. The molecule has 0 aliphatic rings. The number of methoxy groups -OCH3 is 1. The van der Waals surface area contributed by atoms with Gasteiger partial charge in [0.15, 0.2) is 0 Å². The van der Waals surface area contributed by atoms with Crippen molar-refractivity contribution >= 4 is 11.8 Å². The van der Waals surface area contributed by atoms with Crippen molar-refractivity contribution in [2.45, 2.75) is 19.8 Å². The Morgan fingerprint density at radius 2 is 2.06 bits per heavy atom. The highest BCUT2D eigenvalue weighted by atomic mass is 16.5. The number of nitrogens with one attached hydrogen (secondary N) is 1. The van der Waals surface area contributed by atoms with Crippen molar-refractivity contribution in [2.75, 3.05) is 7.11 Å². The lowest BCUT2D eigenvalue weighted by atomic mass is 10.1. The molecule has 0 spiro atoms. The molecule has 0 bridgehead atoms. The van der Waals surface area contributed by atoms with Gasteiger partial charge in [-0.25, -0.2) is 10.2 Å². The molecule has 1 aromatic carbocycles. The average molecular weight is 220 g/mol. The van der Waals surface area contributed by atoms with Gasteiger partial charge in [-0.15, -0.1) is 0 Å². The fraction of sp³-hybridized carbons (Fsp3) is 0.333. The quantitative estimate of drug-likeness (QED) is 0.626. The van der Waals surface area contributed by atoms with E-state index in [1.165, 1.54) is 7.11 Å². The van der Waals surface area contributed by atoms with Crippen molar-refractivity contribution in [1.82, 2.24) is 5.43 Å². The number of nitrogens with zero attached hydrogens (tertiary/aromatic N) is 1. The van der Waals surface area contributed by atoms with Gasteiger partial charge in [-0.2, -0.15) is 5.10 Å². The lowest BCUT2D eigenvalue weighted by Crippen LogP contribution is -2.19. The molecule has 4 nitrogen and oxygen atoms in total. The van der Waals surface area contributed by atoms with E-state index in [1.54, 1.807) is 0 Å².